The Morgan fingerprint density at radius 1 is 0.640 bits per heavy atom. The maximum absolute atomic E-state index is 4.95. The van der Waals surface area contributed by atoms with Crippen LogP contribution < -0.4 is 0 Å². The Morgan fingerprint density at radius 3 is 2.20 bits per heavy atom. The summed E-state index contributed by atoms with van der Waals surface area (Å²) in [6.45, 7) is 0. The lowest BCUT2D eigenvalue weighted by Gasteiger charge is -2.11. The van der Waals surface area contributed by atoms with E-state index in [0.29, 0.717) is 0 Å². The van der Waals surface area contributed by atoms with Crippen molar-refractivity contribution >= 4 is 48.6 Å². The van der Waals surface area contributed by atoms with E-state index in [1.165, 1.54) is 0 Å². The van der Waals surface area contributed by atoms with Crippen molar-refractivity contribution in [2.75, 3.05) is 0 Å². The van der Waals surface area contributed by atoms with Crippen molar-refractivity contribution in [3.05, 3.63) is 83.3 Å². The van der Waals surface area contributed by atoms with Gasteiger partial charge in [0.25, 0.3) is 0 Å². The highest BCUT2D eigenvalue weighted by Crippen LogP contribution is 2.33. The van der Waals surface area contributed by atoms with Crippen molar-refractivity contribution in [3.63, 3.8) is 0 Å². The van der Waals surface area contributed by atoms with Gasteiger partial charge in [0.1, 0.15) is 0 Å². The van der Waals surface area contributed by atoms with Crippen LogP contribution in [0, 0.1) is 0 Å². The highest BCUT2D eigenvalue weighted by Gasteiger charge is 2.12. The minimum atomic E-state index is 0.923. The molecule has 0 bridgehead atoms. The molecule has 3 heteroatoms. The van der Waals surface area contributed by atoms with Crippen LogP contribution in [0.1, 0.15) is 0 Å². The minimum Gasteiger partial charge on any atom is -0.245 e. The van der Waals surface area contributed by atoms with E-state index < -0.39 is 0 Å². The van der Waals surface area contributed by atoms with Gasteiger partial charge in [-0.3, -0.25) is 0 Å². The molecule has 5 rings (SSSR count). The van der Waals surface area contributed by atoms with Crippen LogP contribution in [0.15, 0.2) is 83.3 Å². The second-order valence-electron chi connectivity index (χ2n) is 6.06. The lowest BCUT2D eigenvalue weighted by atomic mass is 10.0. The molecule has 0 saturated heterocycles. The molecule has 0 amide bonds. The molecule has 0 unspecified atom stereocenters. The van der Waals surface area contributed by atoms with Gasteiger partial charge in [0.15, 0.2) is 0 Å². The number of hydrogen-bond acceptors (Lipinski definition) is 2. The highest BCUT2D eigenvalue weighted by molar-refractivity contribution is 9.10. The van der Waals surface area contributed by atoms with Gasteiger partial charge in [0, 0.05) is 26.2 Å². The van der Waals surface area contributed by atoms with Gasteiger partial charge in [-0.1, -0.05) is 64.5 Å². The van der Waals surface area contributed by atoms with Crippen LogP contribution in [0.25, 0.3) is 44.0 Å². The lowest BCUT2D eigenvalue weighted by molar-refractivity contribution is 1.38. The first-order chi connectivity index (χ1) is 12.3. The van der Waals surface area contributed by atoms with Crippen LogP contribution in [0.4, 0.5) is 0 Å². The molecular formula is C22H13BrN2. The number of pyridine rings is 2. The molecule has 25 heavy (non-hydrogen) atoms. The molecule has 2 aromatic heterocycles. The number of para-hydroxylation sites is 2. The molecule has 0 fully saturated rings. The van der Waals surface area contributed by atoms with Crippen LogP contribution in [0.3, 0.4) is 0 Å². The van der Waals surface area contributed by atoms with Crippen LogP contribution in [-0.4, -0.2) is 9.97 Å². The molecule has 0 aliphatic carbocycles. The molecule has 2 nitrogen and oxygen atoms in total. The van der Waals surface area contributed by atoms with E-state index in [1.54, 1.807) is 0 Å². The third kappa shape index (κ3) is 2.39. The third-order valence-corrected chi connectivity index (χ3v) is 5.02. The minimum absolute atomic E-state index is 0.923. The number of nitrogens with zero attached hydrogens (tertiary/aromatic N) is 2. The van der Waals surface area contributed by atoms with E-state index in [2.05, 4.69) is 70.5 Å². The van der Waals surface area contributed by atoms with E-state index in [-0.39, 0.29) is 0 Å². The lowest BCUT2D eigenvalue weighted by Crippen LogP contribution is -1.93. The average Bonchev–Trinajstić information content (AvgIpc) is 2.67. The summed E-state index contributed by atoms with van der Waals surface area (Å²) in [6, 6.07) is 27.0. The predicted molar refractivity (Wildman–Crippen MR) is 108 cm³/mol. The molecule has 0 N–H and O–H groups in total. The Balaban J connectivity index is 1.97. The Hall–Kier alpha value is -2.78. The first-order valence-electron chi connectivity index (χ1n) is 8.14. The smallest absolute Gasteiger partial charge is 0.0979 e. The maximum Gasteiger partial charge on any atom is 0.0979 e. The van der Waals surface area contributed by atoms with Crippen LogP contribution in [0.5, 0.6) is 0 Å². The standard InChI is InChI=1S/C22H13BrN2/c23-16-11-9-14(10-12-16)21-22-18(17-6-2-4-8-20(17)25-21)13-15-5-1-3-7-19(15)24-22/h1-13H. The Morgan fingerprint density at radius 2 is 1.36 bits per heavy atom. The molecule has 3 aromatic carbocycles. The predicted octanol–water partition coefficient (Wildman–Crippen LogP) is 6.37. The topological polar surface area (TPSA) is 25.8 Å². The summed E-state index contributed by atoms with van der Waals surface area (Å²) in [5.74, 6) is 0. The zero-order chi connectivity index (χ0) is 16.8. The zero-order valence-electron chi connectivity index (χ0n) is 13.3. The Labute approximate surface area is 153 Å². The molecule has 118 valence electrons. The summed E-state index contributed by atoms with van der Waals surface area (Å²) < 4.78 is 1.06. The fraction of sp³-hybridized carbons (Fsp3) is 0. The maximum atomic E-state index is 4.95. The zero-order valence-corrected chi connectivity index (χ0v) is 14.9. The van der Waals surface area contributed by atoms with Crippen molar-refractivity contribution in [1.82, 2.24) is 9.97 Å². The molecule has 0 spiro atoms. The van der Waals surface area contributed by atoms with Crippen molar-refractivity contribution in [3.8, 4) is 11.3 Å². The van der Waals surface area contributed by atoms with Crippen molar-refractivity contribution in [2.24, 2.45) is 0 Å². The van der Waals surface area contributed by atoms with E-state index in [4.69, 9.17) is 9.97 Å². The first kappa shape index (κ1) is 14.6. The van der Waals surface area contributed by atoms with Gasteiger partial charge in [-0.2, -0.15) is 0 Å². The highest BCUT2D eigenvalue weighted by atomic mass is 79.9. The normalized spacial score (nSPS) is 11.4. The quantitative estimate of drug-likeness (QED) is 0.248. The van der Waals surface area contributed by atoms with E-state index >= 15 is 0 Å². The number of fused-ring (bicyclic) bond motifs is 4. The average molecular weight is 385 g/mol. The van der Waals surface area contributed by atoms with Gasteiger partial charge in [-0.15, -0.1) is 0 Å². The summed E-state index contributed by atoms with van der Waals surface area (Å²) >= 11 is 3.50. The molecule has 0 aliphatic heterocycles. The summed E-state index contributed by atoms with van der Waals surface area (Å²) in [5.41, 5.74) is 4.92. The third-order valence-electron chi connectivity index (χ3n) is 4.49. The first-order valence-corrected chi connectivity index (χ1v) is 8.93. The molecule has 5 aromatic rings. The molecule has 0 aliphatic rings. The van der Waals surface area contributed by atoms with Gasteiger partial charge >= 0.3 is 0 Å². The molecular weight excluding hydrogens is 372 g/mol. The van der Waals surface area contributed by atoms with Crippen molar-refractivity contribution < 1.29 is 0 Å². The fourth-order valence-corrected chi connectivity index (χ4v) is 3.55. The SMILES string of the molecule is Brc1ccc(-c2nc3ccccc3c3cc4ccccc4nc23)cc1. The number of aromatic nitrogens is 2. The summed E-state index contributed by atoms with van der Waals surface area (Å²) in [4.78, 5) is 9.88. The molecule has 0 saturated carbocycles. The van der Waals surface area contributed by atoms with Crippen molar-refractivity contribution in [1.29, 1.82) is 0 Å². The van der Waals surface area contributed by atoms with Crippen LogP contribution in [-0.2, 0) is 0 Å². The Bertz CT molecular complexity index is 1240. The van der Waals surface area contributed by atoms with Crippen LogP contribution >= 0.6 is 15.9 Å². The number of halogens is 1. The molecule has 0 atom stereocenters. The molecule has 2 heterocycles. The van der Waals surface area contributed by atoms with Gasteiger partial charge in [0.05, 0.1) is 22.2 Å². The van der Waals surface area contributed by atoms with Gasteiger partial charge in [-0.25, -0.2) is 9.97 Å². The molecule has 0 radical (unpaired) electrons. The second-order valence-corrected chi connectivity index (χ2v) is 6.98. The Kier molecular flexibility index (Phi) is 3.28. The largest absolute Gasteiger partial charge is 0.245 e. The van der Waals surface area contributed by atoms with Gasteiger partial charge in [0.2, 0.25) is 0 Å². The number of benzene rings is 3. The number of rotatable bonds is 1. The van der Waals surface area contributed by atoms with Crippen LogP contribution in [0.2, 0.25) is 0 Å². The van der Waals surface area contributed by atoms with Crippen molar-refractivity contribution in [2.45, 2.75) is 0 Å². The summed E-state index contributed by atoms with van der Waals surface area (Å²) in [6.07, 6.45) is 0. The van der Waals surface area contributed by atoms with Gasteiger partial charge in [-0.05, 0) is 30.3 Å². The summed E-state index contributed by atoms with van der Waals surface area (Å²) in [5, 5.41) is 3.42. The second kappa shape index (κ2) is 5.64. The van der Waals surface area contributed by atoms with E-state index in [9.17, 15) is 0 Å². The number of hydrogen-bond donors (Lipinski definition) is 0. The van der Waals surface area contributed by atoms with E-state index in [1.807, 2.05) is 24.3 Å². The van der Waals surface area contributed by atoms with E-state index in [0.717, 1.165) is 48.4 Å². The fourth-order valence-electron chi connectivity index (χ4n) is 3.28. The summed E-state index contributed by atoms with van der Waals surface area (Å²) in [7, 11) is 0. The van der Waals surface area contributed by atoms with Gasteiger partial charge < -0.3 is 0 Å². The monoisotopic (exact) mass is 384 g/mol.